The molecule has 4 aromatic carbocycles. The van der Waals surface area contributed by atoms with Crippen LogP contribution in [0.3, 0.4) is 0 Å². The Morgan fingerprint density at radius 1 is 0.705 bits per heavy atom. The van der Waals surface area contributed by atoms with E-state index in [1.54, 1.807) is 46.6 Å². The molecule has 0 aliphatic carbocycles. The number of nitrogens with one attached hydrogen (secondary N) is 1. The number of benzene rings is 4. The standard InChI is InChI=1S/C18H21NO3.C18H19NO3/c2*1-21-14-4-5-15-13(11-14)7-8-19-16(15)9-12-3-6-18(22-2)17(20)10-12/h3-6,10-11,16,19-20H,7-9H2,1-2H3;3-6,10-11,20H,7-9H2,1-2H3. The van der Waals surface area contributed by atoms with Gasteiger partial charge in [0.1, 0.15) is 11.5 Å². The Morgan fingerprint density at radius 2 is 1.34 bits per heavy atom. The van der Waals surface area contributed by atoms with Gasteiger partial charge in [-0.3, -0.25) is 4.99 Å². The van der Waals surface area contributed by atoms with Gasteiger partial charge in [-0.1, -0.05) is 18.2 Å². The summed E-state index contributed by atoms with van der Waals surface area (Å²) < 4.78 is 20.8. The normalized spacial score (nSPS) is 15.1. The van der Waals surface area contributed by atoms with Crippen LogP contribution in [0.4, 0.5) is 0 Å². The van der Waals surface area contributed by atoms with Crippen LogP contribution >= 0.6 is 0 Å². The third kappa shape index (κ3) is 7.09. The summed E-state index contributed by atoms with van der Waals surface area (Å²) in [5.74, 6) is 3.12. The first-order valence-electron chi connectivity index (χ1n) is 14.7. The molecule has 4 aromatic rings. The molecular formula is C36H40N2O6. The number of phenolic OH excluding ortho intramolecular Hbond substituents is 2. The van der Waals surface area contributed by atoms with Crippen LogP contribution in [0.5, 0.6) is 34.5 Å². The topological polar surface area (TPSA) is 102 Å². The second-order valence-electron chi connectivity index (χ2n) is 10.8. The van der Waals surface area contributed by atoms with Crippen molar-refractivity contribution < 1.29 is 29.2 Å². The second-order valence-corrected chi connectivity index (χ2v) is 10.8. The molecule has 6 rings (SSSR count). The van der Waals surface area contributed by atoms with E-state index in [2.05, 4.69) is 34.6 Å². The van der Waals surface area contributed by atoms with Crippen LogP contribution in [0.15, 0.2) is 77.8 Å². The Morgan fingerprint density at radius 3 is 2.00 bits per heavy atom. The SMILES string of the molecule is COc1ccc2c(c1)CCN=C2Cc1ccc(OC)c(O)c1.COc1ccc2c(c1)CCNC2Cc1ccc(OC)c(O)c1. The van der Waals surface area contributed by atoms with Crippen LogP contribution in [0.25, 0.3) is 0 Å². The Bertz CT molecular complexity index is 1630. The number of aromatic hydroxyl groups is 2. The largest absolute Gasteiger partial charge is 0.504 e. The minimum Gasteiger partial charge on any atom is -0.504 e. The van der Waals surface area contributed by atoms with Gasteiger partial charge in [-0.25, -0.2) is 0 Å². The van der Waals surface area contributed by atoms with Gasteiger partial charge in [-0.15, -0.1) is 0 Å². The van der Waals surface area contributed by atoms with Crippen molar-refractivity contribution in [2.45, 2.75) is 31.7 Å². The molecule has 1 atom stereocenters. The van der Waals surface area contributed by atoms with Gasteiger partial charge < -0.3 is 34.5 Å². The fourth-order valence-corrected chi connectivity index (χ4v) is 5.81. The van der Waals surface area contributed by atoms with E-state index in [0.29, 0.717) is 17.9 Å². The number of phenols is 2. The molecule has 0 spiro atoms. The van der Waals surface area contributed by atoms with Gasteiger partial charge in [0.25, 0.3) is 0 Å². The summed E-state index contributed by atoms with van der Waals surface area (Å²) in [7, 11) is 6.48. The summed E-state index contributed by atoms with van der Waals surface area (Å²) in [5.41, 5.74) is 8.22. The van der Waals surface area contributed by atoms with E-state index < -0.39 is 0 Å². The van der Waals surface area contributed by atoms with Crippen molar-refractivity contribution in [2.24, 2.45) is 4.99 Å². The molecule has 0 aromatic heterocycles. The van der Waals surface area contributed by atoms with Crippen LogP contribution in [0.1, 0.15) is 39.4 Å². The van der Waals surface area contributed by atoms with Gasteiger partial charge in [-0.2, -0.15) is 0 Å². The summed E-state index contributed by atoms with van der Waals surface area (Å²) in [5, 5.41) is 23.4. The molecule has 3 N–H and O–H groups in total. The van der Waals surface area contributed by atoms with E-state index >= 15 is 0 Å². The molecule has 8 nitrogen and oxygen atoms in total. The summed E-state index contributed by atoms with van der Waals surface area (Å²) in [6.07, 6.45) is 3.47. The van der Waals surface area contributed by atoms with Crippen LogP contribution in [-0.2, 0) is 25.7 Å². The van der Waals surface area contributed by atoms with Crippen molar-refractivity contribution in [3.05, 3.63) is 106 Å². The number of fused-ring (bicyclic) bond motifs is 2. The molecule has 0 bridgehead atoms. The lowest BCUT2D eigenvalue weighted by atomic mass is 9.90. The van der Waals surface area contributed by atoms with E-state index in [4.69, 9.17) is 18.9 Å². The molecule has 0 amide bonds. The Kier molecular flexibility index (Phi) is 9.92. The number of hydrogen-bond acceptors (Lipinski definition) is 8. The van der Waals surface area contributed by atoms with Gasteiger partial charge in [0.2, 0.25) is 0 Å². The molecular weight excluding hydrogens is 556 g/mol. The minimum atomic E-state index is 0.159. The quantitative estimate of drug-likeness (QED) is 0.235. The highest BCUT2D eigenvalue weighted by Crippen LogP contribution is 2.32. The van der Waals surface area contributed by atoms with Crippen molar-refractivity contribution >= 4 is 5.71 Å². The zero-order valence-electron chi connectivity index (χ0n) is 25.7. The van der Waals surface area contributed by atoms with E-state index in [1.165, 1.54) is 22.3 Å². The van der Waals surface area contributed by atoms with Crippen molar-refractivity contribution in [1.29, 1.82) is 0 Å². The Hall–Kier alpha value is -4.69. The van der Waals surface area contributed by atoms with Gasteiger partial charge in [0.05, 0.1) is 28.4 Å². The first-order chi connectivity index (χ1) is 21.4. The minimum absolute atomic E-state index is 0.159. The predicted octanol–water partition coefficient (Wildman–Crippen LogP) is 5.84. The Balaban J connectivity index is 0.000000175. The molecule has 2 aliphatic rings. The van der Waals surface area contributed by atoms with Crippen molar-refractivity contribution in [3.8, 4) is 34.5 Å². The lowest BCUT2D eigenvalue weighted by molar-refractivity contribution is 0.372. The lowest BCUT2D eigenvalue weighted by Crippen LogP contribution is -2.31. The van der Waals surface area contributed by atoms with Crippen LogP contribution < -0.4 is 24.3 Å². The molecule has 0 radical (unpaired) electrons. The smallest absolute Gasteiger partial charge is 0.160 e. The molecule has 0 saturated heterocycles. The number of aliphatic imine (C=N–C) groups is 1. The molecule has 1 unspecified atom stereocenters. The van der Waals surface area contributed by atoms with E-state index in [-0.39, 0.29) is 17.5 Å². The van der Waals surface area contributed by atoms with Gasteiger partial charge >= 0.3 is 0 Å². The summed E-state index contributed by atoms with van der Waals surface area (Å²) in [6, 6.07) is 23.7. The predicted molar refractivity (Wildman–Crippen MR) is 172 cm³/mol. The monoisotopic (exact) mass is 596 g/mol. The zero-order chi connectivity index (χ0) is 31.1. The molecule has 8 heteroatoms. The van der Waals surface area contributed by atoms with E-state index in [9.17, 15) is 10.2 Å². The number of rotatable bonds is 8. The number of ether oxygens (including phenoxy) is 4. The first kappa shape index (κ1) is 30.8. The van der Waals surface area contributed by atoms with Crippen LogP contribution in [-0.4, -0.2) is 57.5 Å². The van der Waals surface area contributed by atoms with E-state index in [1.807, 2.05) is 30.3 Å². The fourth-order valence-electron chi connectivity index (χ4n) is 5.81. The number of hydrogen-bond donors (Lipinski definition) is 3. The highest BCUT2D eigenvalue weighted by molar-refractivity contribution is 6.04. The summed E-state index contributed by atoms with van der Waals surface area (Å²) >= 11 is 0. The van der Waals surface area contributed by atoms with Crippen molar-refractivity contribution in [1.82, 2.24) is 5.32 Å². The second kappa shape index (κ2) is 14.2. The molecule has 44 heavy (non-hydrogen) atoms. The zero-order valence-corrected chi connectivity index (χ0v) is 25.7. The third-order valence-electron chi connectivity index (χ3n) is 8.12. The highest BCUT2D eigenvalue weighted by Gasteiger charge is 2.21. The Labute approximate surface area is 258 Å². The highest BCUT2D eigenvalue weighted by atomic mass is 16.5. The van der Waals surface area contributed by atoms with Gasteiger partial charge in [0, 0.05) is 24.7 Å². The first-order valence-corrected chi connectivity index (χ1v) is 14.7. The summed E-state index contributed by atoms with van der Waals surface area (Å²) in [6.45, 7) is 1.74. The number of methoxy groups -OCH3 is 4. The molecule has 230 valence electrons. The van der Waals surface area contributed by atoms with E-state index in [0.717, 1.165) is 60.7 Å². The summed E-state index contributed by atoms with van der Waals surface area (Å²) in [4.78, 5) is 4.66. The number of nitrogens with zero attached hydrogens (tertiary/aromatic N) is 1. The molecule has 2 aliphatic heterocycles. The molecule has 0 saturated carbocycles. The van der Waals surface area contributed by atoms with Crippen molar-refractivity contribution in [2.75, 3.05) is 41.5 Å². The fraction of sp³-hybridized carbons (Fsp3) is 0.306. The van der Waals surface area contributed by atoms with Gasteiger partial charge in [0.15, 0.2) is 23.0 Å². The van der Waals surface area contributed by atoms with Gasteiger partial charge in [-0.05, 0) is 114 Å². The maximum atomic E-state index is 9.92. The average molecular weight is 597 g/mol. The van der Waals surface area contributed by atoms with Crippen LogP contribution in [0.2, 0.25) is 0 Å². The molecule has 0 fully saturated rings. The van der Waals surface area contributed by atoms with Crippen molar-refractivity contribution in [3.63, 3.8) is 0 Å². The molecule has 2 heterocycles. The van der Waals surface area contributed by atoms with Crippen LogP contribution in [0, 0.1) is 0 Å². The third-order valence-corrected chi connectivity index (χ3v) is 8.12. The lowest BCUT2D eigenvalue weighted by Gasteiger charge is -2.27. The average Bonchev–Trinajstić information content (AvgIpc) is 3.05. The maximum Gasteiger partial charge on any atom is 0.160 e. The maximum absolute atomic E-state index is 9.92.